The molecule has 0 saturated heterocycles. The van der Waals surface area contributed by atoms with E-state index in [0.717, 1.165) is 0 Å². The molecule has 0 aliphatic rings. The second-order valence-corrected chi connectivity index (χ2v) is 5.44. The Morgan fingerprint density at radius 3 is 2.35 bits per heavy atom. The number of para-hydroxylation sites is 2. The Hall–Kier alpha value is -2.02. The first-order valence-electron chi connectivity index (χ1n) is 6.10. The quantitative estimate of drug-likeness (QED) is 0.331. The molecule has 0 aliphatic carbocycles. The van der Waals surface area contributed by atoms with E-state index in [0.29, 0.717) is 0 Å². The van der Waals surface area contributed by atoms with E-state index in [9.17, 15) is 14.9 Å². The van der Waals surface area contributed by atoms with Gasteiger partial charge in [0.25, 0.3) is 0 Å². The Morgan fingerprint density at radius 1 is 1.13 bits per heavy atom. The predicted molar refractivity (Wildman–Crippen MR) is 85.7 cm³/mol. The molecule has 0 aliphatic heterocycles. The van der Waals surface area contributed by atoms with Crippen molar-refractivity contribution in [3.8, 4) is 11.5 Å². The molecule has 0 heterocycles. The minimum atomic E-state index is -0.825. The molecular weight excluding hydrogens is 369 g/mol. The van der Waals surface area contributed by atoms with Gasteiger partial charge in [0.15, 0.2) is 18.1 Å². The molecule has 2 aromatic rings. The smallest absolute Gasteiger partial charge is 0.349 e. The van der Waals surface area contributed by atoms with E-state index in [2.05, 4.69) is 0 Å². The third-order valence-electron chi connectivity index (χ3n) is 2.59. The maximum absolute atomic E-state index is 11.8. The molecule has 0 atom stereocenters. The lowest BCUT2D eigenvalue weighted by Crippen LogP contribution is -2.18. The normalized spacial score (nSPS) is 10.2. The lowest BCUT2D eigenvalue weighted by molar-refractivity contribution is -0.385. The van der Waals surface area contributed by atoms with Crippen molar-refractivity contribution in [2.75, 3.05) is 6.61 Å². The van der Waals surface area contributed by atoms with E-state index >= 15 is 0 Å². The summed E-state index contributed by atoms with van der Waals surface area (Å²) in [6.07, 6.45) is 0. The molecule has 120 valence electrons. The van der Waals surface area contributed by atoms with Gasteiger partial charge >= 0.3 is 11.7 Å². The van der Waals surface area contributed by atoms with E-state index in [1.54, 1.807) is 6.07 Å². The van der Waals surface area contributed by atoms with Crippen LogP contribution in [0.4, 0.5) is 5.69 Å². The van der Waals surface area contributed by atoms with Crippen molar-refractivity contribution in [1.29, 1.82) is 0 Å². The molecule has 0 fully saturated rings. The van der Waals surface area contributed by atoms with Crippen molar-refractivity contribution in [3.63, 3.8) is 0 Å². The number of nitro benzene ring substituents is 1. The van der Waals surface area contributed by atoms with E-state index in [1.807, 2.05) is 0 Å². The van der Waals surface area contributed by atoms with Crippen molar-refractivity contribution in [3.05, 3.63) is 61.6 Å². The topological polar surface area (TPSA) is 78.7 Å². The molecule has 2 aromatic carbocycles. The van der Waals surface area contributed by atoms with Crippen LogP contribution in [0.15, 0.2) is 36.4 Å². The SMILES string of the molecule is O=C(COc1ccccc1[N+](=O)[O-])Oc1c(Cl)cc(Cl)cc1Cl. The highest BCUT2D eigenvalue weighted by molar-refractivity contribution is 6.40. The van der Waals surface area contributed by atoms with Gasteiger partial charge in [-0.25, -0.2) is 4.79 Å². The zero-order chi connectivity index (χ0) is 17.0. The number of esters is 1. The van der Waals surface area contributed by atoms with Gasteiger partial charge in [-0.05, 0) is 18.2 Å². The van der Waals surface area contributed by atoms with Crippen molar-refractivity contribution in [2.24, 2.45) is 0 Å². The van der Waals surface area contributed by atoms with Crippen LogP contribution in [0.3, 0.4) is 0 Å². The van der Waals surface area contributed by atoms with Gasteiger partial charge in [-0.2, -0.15) is 0 Å². The van der Waals surface area contributed by atoms with Crippen LogP contribution >= 0.6 is 34.8 Å². The van der Waals surface area contributed by atoms with Crippen molar-refractivity contribution in [1.82, 2.24) is 0 Å². The first kappa shape index (κ1) is 17.3. The summed E-state index contributed by atoms with van der Waals surface area (Å²) in [4.78, 5) is 22.0. The summed E-state index contributed by atoms with van der Waals surface area (Å²) < 4.78 is 10.1. The van der Waals surface area contributed by atoms with Crippen LogP contribution in [0.1, 0.15) is 0 Å². The Morgan fingerprint density at radius 2 is 1.74 bits per heavy atom. The molecule has 2 rings (SSSR count). The van der Waals surface area contributed by atoms with Gasteiger partial charge in [0.1, 0.15) is 0 Å². The summed E-state index contributed by atoms with van der Waals surface area (Å²) in [7, 11) is 0. The summed E-state index contributed by atoms with van der Waals surface area (Å²) in [6.45, 7) is -0.555. The third-order valence-corrected chi connectivity index (χ3v) is 3.37. The second kappa shape index (κ2) is 7.50. The molecule has 0 saturated carbocycles. The molecule has 0 spiro atoms. The highest BCUT2D eigenvalue weighted by atomic mass is 35.5. The number of carbonyl (C=O) groups is 1. The molecule has 0 amide bonds. The lowest BCUT2D eigenvalue weighted by Gasteiger charge is -2.09. The van der Waals surface area contributed by atoms with E-state index in [1.165, 1.54) is 30.3 Å². The Balaban J connectivity index is 2.06. The summed E-state index contributed by atoms with van der Waals surface area (Å²) in [5.41, 5.74) is -0.261. The monoisotopic (exact) mass is 375 g/mol. The average Bonchev–Trinajstić information content (AvgIpc) is 2.49. The Kier molecular flexibility index (Phi) is 5.65. The van der Waals surface area contributed by atoms with Crippen LogP contribution in [0, 0.1) is 10.1 Å². The fraction of sp³-hybridized carbons (Fsp3) is 0.0714. The summed E-state index contributed by atoms with van der Waals surface area (Å²) in [5, 5.41) is 11.2. The predicted octanol–water partition coefficient (Wildman–Crippen LogP) is 4.54. The van der Waals surface area contributed by atoms with Crippen molar-refractivity contribution < 1.29 is 19.2 Å². The largest absolute Gasteiger partial charge is 0.475 e. The fourth-order valence-corrected chi connectivity index (χ4v) is 2.53. The van der Waals surface area contributed by atoms with Crippen molar-refractivity contribution in [2.45, 2.75) is 0 Å². The fourth-order valence-electron chi connectivity index (χ4n) is 1.64. The standard InChI is InChI=1S/C14H8Cl3NO5/c15-8-5-9(16)14(10(17)6-8)23-13(19)7-22-12-4-2-1-3-11(12)18(20)21/h1-6H,7H2. The molecule has 0 N–H and O–H groups in total. The minimum Gasteiger partial charge on any atom is -0.475 e. The maximum Gasteiger partial charge on any atom is 0.349 e. The minimum absolute atomic E-state index is 0.0530. The molecule has 0 aromatic heterocycles. The molecular formula is C14H8Cl3NO5. The van der Waals surface area contributed by atoms with Gasteiger partial charge < -0.3 is 9.47 Å². The van der Waals surface area contributed by atoms with Crippen LogP contribution in [0.2, 0.25) is 15.1 Å². The zero-order valence-corrected chi connectivity index (χ0v) is 13.6. The number of hydrogen-bond donors (Lipinski definition) is 0. The first-order valence-corrected chi connectivity index (χ1v) is 7.23. The van der Waals surface area contributed by atoms with E-state index in [-0.39, 0.29) is 32.3 Å². The number of carbonyl (C=O) groups excluding carboxylic acids is 1. The van der Waals surface area contributed by atoms with Gasteiger partial charge in [0, 0.05) is 11.1 Å². The third kappa shape index (κ3) is 4.48. The second-order valence-electron chi connectivity index (χ2n) is 4.19. The molecule has 0 unspecified atom stereocenters. The van der Waals surface area contributed by atoms with Crippen LogP contribution < -0.4 is 9.47 Å². The zero-order valence-electron chi connectivity index (χ0n) is 11.3. The van der Waals surface area contributed by atoms with Gasteiger partial charge in [-0.3, -0.25) is 10.1 Å². The van der Waals surface area contributed by atoms with Crippen molar-refractivity contribution >= 4 is 46.5 Å². The summed E-state index contributed by atoms with van der Waals surface area (Å²) in [5.74, 6) is -0.939. The maximum atomic E-state index is 11.8. The number of nitro groups is 1. The van der Waals surface area contributed by atoms with Crippen LogP contribution in [0.5, 0.6) is 11.5 Å². The van der Waals surface area contributed by atoms with Gasteiger partial charge in [0.05, 0.1) is 15.0 Å². The molecule has 6 nitrogen and oxygen atoms in total. The van der Waals surface area contributed by atoms with E-state index < -0.39 is 17.5 Å². The molecule has 9 heteroatoms. The van der Waals surface area contributed by atoms with Gasteiger partial charge in [0.2, 0.25) is 0 Å². The number of ether oxygens (including phenoxy) is 2. The first-order chi connectivity index (χ1) is 10.9. The average molecular weight is 377 g/mol. The number of halogens is 3. The van der Waals surface area contributed by atoms with Crippen LogP contribution in [0.25, 0.3) is 0 Å². The summed E-state index contributed by atoms with van der Waals surface area (Å²) >= 11 is 17.5. The van der Waals surface area contributed by atoms with Crippen LogP contribution in [-0.4, -0.2) is 17.5 Å². The number of hydrogen-bond acceptors (Lipinski definition) is 5. The van der Waals surface area contributed by atoms with Crippen LogP contribution in [-0.2, 0) is 4.79 Å². The molecule has 0 bridgehead atoms. The van der Waals surface area contributed by atoms with E-state index in [4.69, 9.17) is 44.3 Å². The molecule has 23 heavy (non-hydrogen) atoms. The lowest BCUT2D eigenvalue weighted by atomic mass is 10.3. The highest BCUT2D eigenvalue weighted by Gasteiger charge is 2.17. The highest BCUT2D eigenvalue weighted by Crippen LogP contribution is 2.36. The summed E-state index contributed by atoms with van der Waals surface area (Å²) in [6, 6.07) is 8.37. The molecule has 0 radical (unpaired) electrons. The number of benzene rings is 2. The Labute approximate surface area is 145 Å². The Bertz CT molecular complexity index is 743. The number of rotatable bonds is 5. The van der Waals surface area contributed by atoms with Gasteiger partial charge in [-0.1, -0.05) is 46.9 Å². The van der Waals surface area contributed by atoms with Gasteiger partial charge in [-0.15, -0.1) is 0 Å². The number of nitrogens with zero attached hydrogens (tertiary/aromatic N) is 1.